The molecule has 2 aromatic rings. The van der Waals surface area contributed by atoms with Gasteiger partial charge in [0.1, 0.15) is 5.75 Å². The number of sulfone groups is 1. The fraction of sp³-hybridized carbons (Fsp3) is 0.278. The zero-order valence-corrected chi connectivity index (χ0v) is 16.5. The normalized spacial score (nSPS) is 23.0. The summed E-state index contributed by atoms with van der Waals surface area (Å²) in [5.74, 6) is 0.686. The molecule has 0 saturated carbocycles. The van der Waals surface area contributed by atoms with E-state index in [-0.39, 0.29) is 29.3 Å². The first-order valence-electron chi connectivity index (χ1n) is 8.52. The lowest BCUT2D eigenvalue weighted by molar-refractivity contribution is -0.384. The third-order valence-corrected chi connectivity index (χ3v) is 7.15. The van der Waals surface area contributed by atoms with Crippen LogP contribution in [-0.2, 0) is 9.84 Å². The van der Waals surface area contributed by atoms with Gasteiger partial charge in [0.2, 0.25) is 0 Å². The Morgan fingerprint density at radius 1 is 1.00 bits per heavy atom. The molecule has 0 bridgehead atoms. The van der Waals surface area contributed by atoms with Crippen molar-refractivity contribution in [1.29, 1.82) is 0 Å². The molecule has 0 N–H and O–H groups in total. The van der Waals surface area contributed by atoms with Crippen molar-refractivity contribution in [3.05, 3.63) is 58.6 Å². The lowest BCUT2D eigenvalue weighted by Gasteiger charge is -2.25. The van der Waals surface area contributed by atoms with Crippen molar-refractivity contribution >= 4 is 44.2 Å². The smallest absolute Gasteiger partial charge is 0.269 e. The van der Waals surface area contributed by atoms with Crippen molar-refractivity contribution in [2.24, 2.45) is 0 Å². The van der Waals surface area contributed by atoms with Crippen LogP contribution in [0, 0.1) is 10.1 Å². The van der Waals surface area contributed by atoms with E-state index in [1.54, 1.807) is 36.3 Å². The van der Waals surface area contributed by atoms with E-state index in [0.717, 1.165) is 5.69 Å². The van der Waals surface area contributed by atoms with Gasteiger partial charge in [-0.3, -0.25) is 10.1 Å². The molecule has 2 fully saturated rings. The van der Waals surface area contributed by atoms with Gasteiger partial charge in [-0.1, -0.05) is 0 Å². The minimum atomic E-state index is -3.22. The summed E-state index contributed by atoms with van der Waals surface area (Å²) in [6.45, 7) is 0. The fourth-order valence-corrected chi connectivity index (χ4v) is 6.19. The van der Waals surface area contributed by atoms with Crippen LogP contribution in [0.15, 0.2) is 48.5 Å². The van der Waals surface area contributed by atoms with Crippen LogP contribution in [0.1, 0.15) is 0 Å². The highest BCUT2D eigenvalue weighted by molar-refractivity contribution is 7.91. The fourth-order valence-electron chi connectivity index (χ4n) is 3.79. The van der Waals surface area contributed by atoms with Crippen LogP contribution >= 0.6 is 12.2 Å². The van der Waals surface area contributed by atoms with Crippen molar-refractivity contribution in [2.75, 3.05) is 28.4 Å². The molecule has 2 aliphatic rings. The van der Waals surface area contributed by atoms with Crippen LogP contribution < -0.4 is 14.5 Å². The minimum absolute atomic E-state index is 0.00726. The number of nitro benzene ring substituents is 1. The van der Waals surface area contributed by atoms with E-state index in [1.807, 2.05) is 17.0 Å². The summed E-state index contributed by atoms with van der Waals surface area (Å²) in [6.07, 6.45) is 0. The van der Waals surface area contributed by atoms with Gasteiger partial charge in [-0.2, -0.15) is 0 Å². The maximum absolute atomic E-state index is 12.3. The van der Waals surface area contributed by atoms with Gasteiger partial charge in [0.25, 0.3) is 5.69 Å². The Morgan fingerprint density at radius 3 is 1.89 bits per heavy atom. The summed E-state index contributed by atoms with van der Waals surface area (Å²) >= 11 is 5.69. The zero-order chi connectivity index (χ0) is 20.1. The van der Waals surface area contributed by atoms with Crippen molar-refractivity contribution in [2.45, 2.75) is 12.1 Å². The number of benzene rings is 2. The van der Waals surface area contributed by atoms with E-state index < -0.39 is 14.8 Å². The largest absolute Gasteiger partial charge is 0.497 e. The Bertz CT molecular complexity index is 1040. The molecule has 0 unspecified atom stereocenters. The van der Waals surface area contributed by atoms with Crippen LogP contribution in [0.2, 0.25) is 0 Å². The van der Waals surface area contributed by atoms with E-state index in [0.29, 0.717) is 16.5 Å². The summed E-state index contributed by atoms with van der Waals surface area (Å²) in [6, 6.07) is 12.6. The van der Waals surface area contributed by atoms with Gasteiger partial charge in [0, 0.05) is 23.5 Å². The molecule has 8 nitrogen and oxygen atoms in total. The predicted molar refractivity (Wildman–Crippen MR) is 110 cm³/mol. The van der Waals surface area contributed by atoms with Gasteiger partial charge in [0.05, 0.1) is 35.6 Å². The number of ether oxygens (including phenoxy) is 1. The zero-order valence-electron chi connectivity index (χ0n) is 14.9. The standard InChI is InChI=1S/C18H17N3O5S2/c1-26-15-8-6-13(7-9-15)20-17-11-28(24,25)10-16(17)19(18(20)27)12-2-4-14(5-3-12)21(22)23/h2-9,16-17H,10-11H2,1H3/t16-,17-/m0/s1. The Morgan fingerprint density at radius 2 is 1.46 bits per heavy atom. The Kier molecular flexibility index (Phi) is 4.47. The molecule has 28 heavy (non-hydrogen) atoms. The van der Waals surface area contributed by atoms with Crippen molar-refractivity contribution in [3.63, 3.8) is 0 Å². The van der Waals surface area contributed by atoms with E-state index in [9.17, 15) is 18.5 Å². The van der Waals surface area contributed by atoms with Crippen LogP contribution in [0.25, 0.3) is 0 Å². The van der Waals surface area contributed by atoms with Crippen molar-refractivity contribution in [3.8, 4) is 5.75 Å². The van der Waals surface area contributed by atoms with Crippen LogP contribution in [0.5, 0.6) is 5.75 Å². The highest BCUT2D eigenvalue weighted by atomic mass is 32.2. The number of hydrogen-bond acceptors (Lipinski definition) is 6. The molecule has 0 aliphatic carbocycles. The number of nitrogens with zero attached hydrogens (tertiary/aromatic N) is 3. The third kappa shape index (κ3) is 3.08. The number of fused-ring (bicyclic) bond motifs is 1. The lowest BCUT2D eigenvalue weighted by Crippen LogP contribution is -2.37. The highest BCUT2D eigenvalue weighted by Gasteiger charge is 2.52. The molecule has 2 heterocycles. The molecule has 2 atom stereocenters. The molecule has 0 spiro atoms. The lowest BCUT2D eigenvalue weighted by atomic mass is 10.1. The Labute approximate surface area is 167 Å². The minimum Gasteiger partial charge on any atom is -0.497 e. The molecular formula is C18H17N3O5S2. The number of hydrogen-bond donors (Lipinski definition) is 0. The Balaban J connectivity index is 1.74. The summed E-state index contributed by atoms with van der Waals surface area (Å²) < 4.78 is 29.9. The maximum Gasteiger partial charge on any atom is 0.269 e. The predicted octanol–water partition coefficient (Wildman–Crippen LogP) is 2.38. The van der Waals surface area contributed by atoms with E-state index >= 15 is 0 Å². The summed E-state index contributed by atoms with van der Waals surface area (Å²) in [7, 11) is -1.65. The van der Waals surface area contributed by atoms with Gasteiger partial charge in [-0.25, -0.2) is 8.42 Å². The monoisotopic (exact) mass is 419 g/mol. The van der Waals surface area contributed by atoms with Gasteiger partial charge < -0.3 is 14.5 Å². The van der Waals surface area contributed by atoms with Gasteiger partial charge >= 0.3 is 0 Å². The topological polar surface area (TPSA) is 93.0 Å². The van der Waals surface area contributed by atoms with Crippen LogP contribution in [0.3, 0.4) is 0 Å². The number of rotatable bonds is 4. The summed E-state index contributed by atoms with van der Waals surface area (Å²) in [5, 5.41) is 11.4. The molecule has 4 rings (SSSR count). The number of nitro groups is 1. The molecule has 2 aliphatic heterocycles. The first kappa shape index (κ1) is 18.6. The Hall–Kier alpha value is -2.72. The average molecular weight is 419 g/mol. The molecule has 2 saturated heterocycles. The summed E-state index contributed by atoms with van der Waals surface area (Å²) in [4.78, 5) is 14.1. The maximum atomic E-state index is 12.3. The van der Waals surface area contributed by atoms with E-state index in [2.05, 4.69) is 0 Å². The number of anilines is 2. The molecule has 0 radical (unpaired) electrons. The molecule has 2 aromatic carbocycles. The van der Waals surface area contributed by atoms with Gasteiger partial charge in [0.15, 0.2) is 14.9 Å². The molecule has 146 valence electrons. The highest BCUT2D eigenvalue weighted by Crippen LogP contribution is 2.38. The van der Waals surface area contributed by atoms with Crippen LogP contribution in [-0.4, -0.2) is 49.2 Å². The third-order valence-electron chi connectivity index (χ3n) is 5.06. The van der Waals surface area contributed by atoms with E-state index in [4.69, 9.17) is 17.0 Å². The van der Waals surface area contributed by atoms with E-state index in [1.165, 1.54) is 12.1 Å². The SMILES string of the molecule is COc1ccc(N2C(=S)N(c3ccc([N+](=O)[O-])cc3)[C@H]3CS(=O)(=O)C[C@@H]32)cc1. The first-order chi connectivity index (χ1) is 13.3. The van der Waals surface area contributed by atoms with Crippen molar-refractivity contribution in [1.82, 2.24) is 0 Å². The van der Waals surface area contributed by atoms with Gasteiger partial charge in [-0.05, 0) is 48.6 Å². The molecule has 0 amide bonds. The van der Waals surface area contributed by atoms with Crippen molar-refractivity contribution < 1.29 is 18.1 Å². The number of non-ortho nitro benzene ring substituents is 1. The molecule has 10 heteroatoms. The van der Waals surface area contributed by atoms with Crippen LogP contribution in [0.4, 0.5) is 17.1 Å². The molecular weight excluding hydrogens is 402 g/mol. The second-order valence-electron chi connectivity index (χ2n) is 6.71. The first-order valence-corrected chi connectivity index (χ1v) is 10.7. The molecule has 0 aromatic heterocycles. The second kappa shape index (κ2) is 6.71. The van der Waals surface area contributed by atoms with Gasteiger partial charge in [-0.15, -0.1) is 0 Å². The second-order valence-corrected chi connectivity index (χ2v) is 9.22. The average Bonchev–Trinajstić information content (AvgIpc) is 3.10. The number of thiocarbonyl (C=S) groups is 1. The summed E-state index contributed by atoms with van der Waals surface area (Å²) in [5.41, 5.74) is 1.39. The number of methoxy groups -OCH3 is 1. The quantitative estimate of drug-likeness (QED) is 0.424.